The fourth-order valence-electron chi connectivity index (χ4n) is 1.26. The number of aliphatic hydroxyl groups is 1. The molecule has 0 amide bonds. The average Bonchev–Trinajstić information content (AvgIpc) is 1.83. The molecule has 5 nitrogen and oxygen atoms in total. The van der Waals surface area contributed by atoms with Crippen LogP contribution in [-0.2, 0) is 14.6 Å². The lowest BCUT2D eigenvalue weighted by Gasteiger charge is -2.26. The van der Waals surface area contributed by atoms with Gasteiger partial charge in [-0.25, -0.2) is 13.2 Å². The lowest BCUT2D eigenvalue weighted by molar-refractivity contribution is -0.157. The summed E-state index contributed by atoms with van der Waals surface area (Å²) in [6.45, 7) is 0. The standard InChI is InChI=1S/C6H10O5S/c7-5(8)6(9)2-1-3-12(10,11)4-6/h9H,1-4H2,(H,7,8). The van der Waals surface area contributed by atoms with Crippen LogP contribution in [0.2, 0.25) is 0 Å². The Morgan fingerprint density at radius 1 is 1.42 bits per heavy atom. The Morgan fingerprint density at radius 3 is 2.33 bits per heavy atom. The normalized spacial score (nSPS) is 34.4. The van der Waals surface area contributed by atoms with Crippen LogP contribution >= 0.6 is 0 Å². The predicted octanol–water partition coefficient (Wildman–Crippen LogP) is -0.989. The number of sulfone groups is 1. The Labute approximate surface area is 69.9 Å². The molecule has 0 aliphatic carbocycles. The molecule has 1 unspecified atom stereocenters. The van der Waals surface area contributed by atoms with Crippen molar-refractivity contribution in [2.24, 2.45) is 0 Å². The van der Waals surface area contributed by atoms with E-state index in [1.807, 2.05) is 0 Å². The van der Waals surface area contributed by atoms with Crippen LogP contribution in [0.1, 0.15) is 12.8 Å². The molecular formula is C6H10O5S. The molecule has 0 aromatic rings. The number of aliphatic carboxylic acids is 1. The third-order valence-electron chi connectivity index (χ3n) is 1.90. The van der Waals surface area contributed by atoms with E-state index in [-0.39, 0.29) is 18.6 Å². The second-order valence-electron chi connectivity index (χ2n) is 3.03. The van der Waals surface area contributed by atoms with Crippen LogP contribution in [0.4, 0.5) is 0 Å². The highest BCUT2D eigenvalue weighted by molar-refractivity contribution is 7.91. The summed E-state index contributed by atoms with van der Waals surface area (Å²) < 4.78 is 21.9. The summed E-state index contributed by atoms with van der Waals surface area (Å²) in [6.07, 6.45) is 0.229. The summed E-state index contributed by atoms with van der Waals surface area (Å²) in [4.78, 5) is 10.4. The fourth-order valence-corrected chi connectivity index (χ4v) is 2.99. The first-order valence-corrected chi connectivity index (χ1v) is 5.34. The van der Waals surface area contributed by atoms with E-state index in [9.17, 15) is 18.3 Å². The zero-order valence-electron chi connectivity index (χ0n) is 6.36. The van der Waals surface area contributed by atoms with Gasteiger partial charge in [-0.05, 0) is 12.8 Å². The van der Waals surface area contributed by atoms with Crippen molar-refractivity contribution >= 4 is 15.8 Å². The molecule has 0 radical (unpaired) electrons. The van der Waals surface area contributed by atoms with Gasteiger partial charge in [0.05, 0.1) is 11.5 Å². The second kappa shape index (κ2) is 2.70. The van der Waals surface area contributed by atoms with E-state index in [0.717, 1.165) is 0 Å². The van der Waals surface area contributed by atoms with Crippen molar-refractivity contribution in [3.05, 3.63) is 0 Å². The second-order valence-corrected chi connectivity index (χ2v) is 5.22. The van der Waals surface area contributed by atoms with Crippen molar-refractivity contribution in [1.29, 1.82) is 0 Å². The van der Waals surface area contributed by atoms with Crippen molar-refractivity contribution in [2.45, 2.75) is 18.4 Å². The van der Waals surface area contributed by atoms with Gasteiger partial charge in [0.25, 0.3) is 0 Å². The Morgan fingerprint density at radius 2 is 2.00 bits per heavy atom. The molecule has 2 N–H and O–H groups in total. The molecule has 1 aliphatic heterocycles. The molecule has 1 atom stereocenters. The predicted molar refractivity (Wildman–Crippen MR) is 40.5 cm³/mol. The van der Waals surface area contributed by atoms with Gasteiger partial charge < -0.3 is 10.2 Å². The zero-order chi connectivity index (χ0) is 9.41. The van der Waals surface area contributed by atoms with Gasteiger partial charge in [-0.3, -0.25) is 0 Å². The molecule has 70 valence electrons. The summed E-state index contributed by atoms with van der Waals surface area (Å²) in [5, 5.41) is 17.8. The minimum atomic E-state index is -3.37. The molecule has 1 fully saturated rings. The van der Waals surface area contributed by atoms with Gasteiger partial charge in [-0.15, -0.1) is 0 Å². The van der Waals surface area contributed by atoms with Gasteiger partial charge in [0, 0.05) is 0 Å². The Bertz CT molecular complexity index is 293. The first kappa shape index (κ1) is 9.47. The van der Waals surface area contributed by atoms with Gasteiger partial charge in [-0.1, -0.05) is 0 Å². The monoisotopic (exact) mass is 194 g/mol. The Hall–Kier alpha value is -0.620. The Balaban J connectivity index is 2.89. The number of hydrogen-bond donors (Lipinski definition) is 2. The lowest BCUT2D eigenvalue weighted by Crippen LogP contribution is -2.48. The molecule has 6 heteroatoms. The summed E-state index contributed by atoms with van der Waals surface area (Å²) in [7, 11) is -3.37. The van der Waals surface area contributed by atoms with E-state index in [4.69, 9.17) is 5.11 Å². The van der Waals surface area contributed by atoms with E-state index in [1.165, 1.54) is 0 Å². The summed E-state index contributed by atoms with van der Waals surface area (Å²) >= 11 is 0. The maximum absolute atomic E-state index is 10.9. The highest BCUT2D eigenvalue weighted by Gasteiger charge is 2.43. The van der Waals surface area contributed by atoms with Crippen LogP contribution in [0.5, 0.6) is 0 Å². The van der Waals surface area contributed by atoms with E-state index in [1.54, 1.807) is 0 Å². The molecule has 0 spiro atoms. The van der Waals surface area contributed by atoms with Crippen molar-refractivity contribution in [3.8, 4) is 0 Å². The zero-order valence-corrected chi connectivity index (χ0v) is 7.17. The number of carbonyl (C=O) groups is 1. The molecule has 1 heterocycles. The van der Waals surface area contributed by atoms with E-state index in [0.29, 0.717) is 0 Å². The van der Waals surface area contributed by atoms with Gasteiger partial charge in [0.2, 0.25) is 0 Å². The van der Waals surface area contributed by atoms with Crippen molar-refractivity contribution < 1.29 is 23.4 Å². The molecule has 1 aliphatic rings. The average molecular weight is 194 g/mol. The van der Waals surface area contributed by atoms with Gasteiger partial charge in [0.1, 0.15) is 0 Å². The van der Waals surface area contributed by atoms with Crippen LogP contribution < -0.4 is 0 Å². The van der Waals surface area contributed by atoms with E-state index < -0.39 is 27.2 Å². The lowest BCUT2D eigenvalue weighted by atomic mass is 10.0. The van der Waals surface area contributed by atoms with Crippen LogP contribution in [0, 0.1) is 0 Å². The van der Waals surface area contributed by atoms with Gasteiger partial charge >= 0.3 is 5.97 Å². The van der Waals surface area contributed by atoms with Crippen molar-refractivity contribution in [1.82, 2.24) is 0 Å². The third kappa shape index (κ3) is 1.75. The number of carboxylic acid groups (broad SMARTS) is 1. The SMILES string of the molecule is O=C(O)C1(O)CCCS(=O)(=O)C1. The summed E-state index contributed by atoms with van der Waals surface area (Å²) in [5.74, 6) is -2.14. The first-order valence-electron chi connectivity index (χ1n) is 3.52. The molecule has 1 saturated heterocycles. The summed E-state index contributed by atoms with van der Waals surface area (Å²) in [5.41, 5.74) is -2.06. The maximum Gasteiger partial charge on any atom is 0.336 e. The minimum absolute atomic E-state index is 0.0154. The highest BCUT2D eigenvalue weighted by Crippen LogP contribution is 2.22. The number of rotatable bonds is 1. The van der Waals surface area contributed by atoms with Gasteiger partial charge in [0.15, 0.2) is 15.4 Å². The van der Waals surface area contributed by atoms with Crippen LogP contribution in [0.25, 0.3) is 0 Å². The van der Waals surface area contributed by atoms with E-state index >= 15 is 0 Å². The third-order valence-corrected chi connectivity index (χ3v) is 3.73. The largest absolute Gasteiger partial charge is 0.479 e. The Kier molecular flexibility index (Phi) is 2.13. The molecule has 0 bridgehead atoms. The molecule has 0 aromatic heterocycles. The van der Waals surface area contributed by atoms with E-state index in [2.05, 4.69) is 0 Å². The smallest absolute Gasteiger partial charge is 0.336 e. The van der Waals surface area contributed by atoms with Crippen molar-refractivity contribution in [3.63, 3.8) is 0 Å². The molecule has 12 heavy (non-hydrogen) atoms. The van der Waals surface area contributed by atoms with Crippen LogP contribution in [0.15, 0.2) is 0 Å². The summed E-state index contributed by atoms with van der Waals surface area (Å²) in [6, 6.07) is 0. The quantitative estimate of drug-likeness (QED) is 0.559. The van der Waals surface area contributed by atoms with Crippen LogP contribution in [-0.4, -0.2) is 41.7 Å². The first-order chi connectivity index (χ1) is 5.36. The van der Waals surface area contributed by atoms with Crippen LogP contribution in [0.3, 0.4) is 0 Å². The fraction of sp³-hybridized carbons (Fsp3) is 0.833. The topological polar surface area (TPSA) is 91.7 Å². The molecule has 0 saturated carbocycles. The maximum atomic E-state index is 10.9. The number of hydrogen-bond acceptors (Lipinski definition) is 4. The highest BCUT2D eigenvalue weighted by atomic mass is 32.2. The molecule has 1 rings (SSSR count). The minimum Gasteiger partial charge on any atom is -0.479 e. The number of carboxylic acids is 1. The molecule has 0 aromatic carbocycles. The molecular weight excluding hydrogens is 184 g/mol. The van der Waals surface area contributed by atoms with Crippen molar-refractivity contribution in [2.75, 3.05) is 11.5 Å². The van der Waals surface area contributed by atoms with Gasteiger partial charge in [-0.2, -0.15) is 0 Å².